The Morgan fingerprint density at radius 3 is 1.94 bits per heavy atom. The van der Waals surface area contributed by atoms with E-state index in [-0.39, 0.29) is 16.1 Å². The lowest BCUT2D eigenvalue weighted by Crippen LogP contribution is -2.58. The Kier molecular flexibility index (Phi) is 7.73. The minimum absolute atomic E-state index is 0.105. The van der Waals surface area contributed by atoms with Gasteiger partial charge < -0.3 is 14.1 Å². The van der Waals surface area contributed by atoms with Crippen LogP contribution in [0.25, 0.3) is 0 Å². The summed E-state index contributed by atoms with van der Waals surface area (Å²) in [5, 5.41) is 0.235. The quantitative estimate of drug-likeness (QED) is 0.421. The van der Waals surface area contributed by atoms with Gasteiger partial charge in [-0.15, -0.1) is 0 Å². The number of carbonyl (C=O) groups is 1. The zero-order valence-corrected chi connectivity index (χ0v) is 24.6. The molecular weight excluding hydrogens is 462 g/mol. The average Bonchev–Trinajstić information content (AvgIpc) is 3.38. The molecule has 196 valence electrons. The van der Waals surface area contributed by atoms with Crippen molar-refractivity contribution < 1.29 is 14.0 Å². The van der Waals surface area contributed by atoms with Crippen molar-refractivity contribution in [3.8, 4) is 5.75 Å². The maximum absolute atomic E-state index is 14.2. The highest BCUT2D eigenvalue weighted by Crippen LogP contribution is 2.49. The first kappa shape index (κ1) is 26.9. The number of benzene rings is 2. The monoisotopic (exact) mass is 507 g/mol. The van der Waals surface area contributed by atoms with Gasteiger partial charge >= 0.3 is 0 Å². The van der Waals surface area contributed by atoms with Gasteiger partial charge in [-0.1, -0.05) is 76.1 Å². The minimum atomic E-state index is -0.723. The van der Waals surface area contributed by atoms with Gasteiger partial charge in [-0.2, -0.15) is 0 Å². The number of nitrogens with zero attached hydrogens (tertiary/aromatic N) is 1. The highest BCUT2D eigenvalue weighted by Gasteiger charge is 2.52. The van der Waals surface area contributed by atoms with E-state index >= 15 is 0 Å². The van der Waals surface area contributed by atoms with Gasteiger partial charge in [0.1, 0.15) is 5.75 Å². The summed E-state index contributed by atoms with van der Waals surface area (Å²) in [5.74, 6) is 1.15. The predicted octanol–water partition coefficient (Wildman–Crippen LogP) is 6.16. The molecule has 4 nitrogen and oxygen atoms in total. The molecule has 36 heavy (non-hydrogen) atoms. The van der Waals surface area contributed by atoms with Crippen molar-refractivity contribution in [2.75, 3.05) is 20.2 Å². The summed E-state index contributed by atoms with van der Waals surface area (Å²) in [4.78, 5) is 16.4. The molecule has 0 N–H and O–H groups in total. The van der Waals surface area contributed by atoms with Gasteiger partial charge in [-0.25, -0.2) is 0 Å². The Labute approximate surface area is 220 Å². The molecule has 0 bridgehead atoms. The lowest BCUT2D eigenvalue weighted by Gasteiger charge is -2.53. The van der Waals surface area contributed by atoms with E-state index in [2.05, 4.69) is 82.0 Å². The summed E-state index contributed by atoms with van der Waals surface area (Å²) in [6.07, 6.45) is 5.93. The molecule has 0 radical (unpaired) electrons. The van der Waals surface area contributed by atoms with Crippen LogP contribution in [0.15, 0.2) is 54.6 Å². The topological polar surface area (TPSA) is 38.8 Å². The first-order valence-corrected chi connectivity index (χ1v) is 14.9. The largest absolute Gasteiger partial charge is 0.497 e. The highest BCUT2D eigenvalue weighted by atomic mass is 28.2. The van der Waals surface area contributed by atoms with Gasteiger partial charge in [-0.05, 0) is 67.8 Å². The van der Waals surface area contributed by atoms with Crippen LogP contribution in [0.2, 0.25) is 5.04 Å². The fourth-order valence-electron chi connectivity index (χ4n) is 6.44. The first-order valence-electron chi connectivity index (χ1n) is 13.7. The normalized spacial score (nSPS) is 20.1. The number of hydrogen-bond acceptors (Lipinski definition) is 3. The van der Waals surface area contributed by atoms with Crippen molar-refractivity contribution in [1.82, 2.24) is 4.90 Å². The molecule has 0 aromatic heterocycles. The van der Waals surface area contributed by atoms with Gasteiger partial charge in [-0.3, -0.25) is 4.79 Å². The second kappa shape index (κ2) is 10.3. The molecule has 2 aliphatic rings. The third-order valence-electron chi connectivity index (χ3n) is 8.76. The van der Waals surface area contributed by atoms with Crippen LogP contribution in [0.1, 0.15) is 84.3 Å². The Morgan fingerprint density at radius 2 is 1.42 bits per heavy atom. The Balaban J connectivity index is 1.59. The van der Waals surface area contributed by atoms with E-state index in [1.165, 1.54) is 5.56 Å². The van der Waals surface area contributed by atoms with E-state index in [1.54, 1.807) is 7.11 Å². The van der Waals surface area contributed by atoms with Crippen LogP contribution in [-0.2, 0) is 20.1 Å². The van der Waals surface area contributed by atoms with Gasteiger partial charge in [0.25, 0.3) is 0 Å². The summed E-state index contributed by atoms with van der Waals surface area (Å²) in [6.45, 7) is 13.0. The number of hydrogen-bond donors (Lipinski definition) is 0. The number of carbonyl (C=O) groups excluding carboxylic acids is 1. The Hall–Kier alpha value is -2.11. The number of rotatable bonds is 7. The van der Waals surface area contributed by atoms with Gasteiger partial charge in [0.05, 0.1) is 18.1 Å². The SMILES string of the molecule is COc1ccc(C2(C(=O)N3CCC(c4ccccc4)(C(C)(C)O[SiH2]C(C)(C)C)CC3)CCCC2)cc1. The minimum Gasteiger partial charge on any atom is -0.497 e. The van der Waals surface area contributed by atoms with Crippen molar-refractivity contribution in [2.24, 2.45) is 0 Å². The van der Waals surface area contributed by atoms with Crippen LogP contribution in [-0.4, -0.2) is 46.4 Å². The summed E-state index contributed by atoms with van der Waals surface area (Å²) in [5.41, 5.74) is 1.70. The summed E-state index contributed by atoms with van der Waals surface area (Å²) < 4.78 is 12.2. The maximum atomic E-state index is 14.2. The van der Waals surface area contributed by atoms with Crippen LogP contribution < -0.4 is 4.74 Å². The van der Waals surface area contributed by atoms with Crippen molar-refractivity contribution in [3.63, 3.8) is 0 Å². The predicted molar refractivity (Wildman–Crippen MR) is 150 cm³/mol. The smallest absolute Gasteiger partial charge is 0.233 e. The van der Waals surface area contributed by atoms with Crippen molar-refractivity contribution >= 4 is 15.7 Å². The standard InChI is InChI=1S/C31H45NO3Si/c1-28(2,3)36-35-29(4,5)31(25-12-8-7-9-13-25)20-22-32(23-21-31)27(33)30(18-10-11-19-30)24-14-16-26(34-6)17-15-24/h7-9,12-17H,10-11,18-23,36H2,1-6H3. The van der Waals surface area contributed by atoms with Crippen LogP contribution in [0.4, 0.5) is 0 Å². The third-order valence-corrected chi connectivity index (χ3v) is 10.5. The first-order chi connectivity index (χ1) is 17.0. The lowest BCUT2D eigenvalue weighted by molar-refractivity contribution is -0.140. The third kappa shape index (κ3) is 5.15. The van der Waals surface area contributed by atoms with E-state index in [4.69, 9.17) is 9.16 Å². The second-order valence-corrected chi connectivity index (χ2v) is 15.3. The van der Waals surface area contributed by atoms with Crippen LogP contribution in [0.3, 0.4) is 0 Å². The molecule has 0 atom stereocenters. The van der Waals surface area contributed by atoms with Crippen LogP contribution in [0, 0.1) is 0 Å². The molecule has 0 unspecified atom stereocenters. The Morgan fingerprint density at radius 1 is 0.833 bits per heavy atom. The summed E-state index contributed by atoms with van der Waals surface area (Å²) >= 11 is 0. The average molecular weight is 508 g/mol. The van der Waals surface area contributed by atoms with E-state index in [1.807, 2.05) is 12.1 Å². The zero-order valence-electron chi connectivity index (χ0n) is 23.2. The molecule has 1 amide bonds. The fourth-order valence-corrected chi connectivity index (χ4v) is 7.51. The van der Waals surface area contributed by atoms with Gasteiger partial charge in [0.15, 0.2) is 9.76 Å². The van der Waals surface area contributed by atoms with Gasteiger partial charge in [0.2, 0.25) is 5.91 Å². The lowest BCUT2D eigenvalue weighted by atomic mass is 9.63. The van der Waals surface area contributed by atoms with E-state index < -0.39 is 15.2 Å². The Bertz CT molecular complexity index is 1010. The number of methoxy groups -OCH3 is 1. The molecule has 4 rings (SSSR count). The molecular formula is C31H45NO3Si. The number of ether oxygens (including phenoxy) is 1. The van der Waals surface area contributed by atoms with Crippen molar-refractivity contribution in [1.29, 1.82) is 0 Å². The number of amides is 1. The molecule has 2 fully saturated rings. The molecule has 1 saturated heterocycles. The van der Waals surface area contributed by atoms with E-state index in [9.17, 15) is 4.79 Å². The molecule has 1 aliphatic heterocycles. The molecule has 2 aromatic rings. The molecule has 0 spiro atoms. The van der Waals surface area contributed by atoms with Crippen LogP contribution >= 0.6 is 0 Å². The summed E-state index contributed by atoms with van der Waals surface area (Å²) in [6, 6.07) is 19.1. The number of likely N-dealkylation sites (tertiary alicyclic amines) is 1. The summed E-state index contributed by atoms with van der Waals surface area (Å²) in [7, 11) is 0.965. The molecule has 5 heteroatoms. The van der Waals surface area contributed by atoms with Crippen molar-refractivity contribution in [3.05, 3.63) is 65.7 Å². The zero-order chi connectivity index (χ0) is 26.0. The molecule has 2 aromatic carbocycles. The molecule has 1 saturated carbocycles. The van der Waals surface area contributed by atoms with E-state index in [0.29, 0.717) is 5.91 Å². The van der Waals surface area contributed by atoms with Gasteiger partial charge in [0, 0.05) is 18.5 Å². The van der Waals surface area contributed by atoms with Crippen LogP contribution in [0.5, 0.6) is 5.75 Å². The molecule has 1 aliphatic carbocycles. The van der Waals surface area contributed by atoms with E-state index in [0.717, 1.165) is 62.9 Å². The molecule has 1 heterocycles. The number of piperidine rings is 1. The van der Waals surface area contributed by atoms with Crippen molar-refractivity contribution in [2.45, 2.75) is 94.6 Å². The maximum Gasteiger partial charge on any atom is 0.233 e. The highest BCUT2D eigenvalue weighted by molar-refractivity contribution is 6.31. The second-order valence-electron chi connectivity index (χ2n) is 12.6. The fraction of sp³-hybridized carbons (Fsp3) is 0.581.